The van der Waals surface area contributed by atoms with Gasteiger partial charge in [-0.05, 0) is 36.8 Å². The van der Waals surface area contributed by atoms with Crippen molar-refractivity contribution < 1.29 is 18.7 Å². The number of benzene rings is 1. The molecule has 0 radical (unpaired) electrons. The Morgan fingerprint density at radius 2 is 1.96 bits per heavy atom. The molecule has 3 rings (SSSR count). The Hall–Kier alpha value is -3.15. The molecule has 26 heavy (non-hydrogen) atoms. The van der Waals surface area contributed by atoms with E-state index in [1.54, 1.807) is 38.8 Å². The summed E-state index contributed by atoms with van der Waals surface area (Å²) in [5.41, 5.74) is 2.89. The summed E-state index contributed by atoms with van der Waals surface area (Å²) in [6, 6.07) is 9.15. The molecule has 0 unspecified atom stereocenters. The van der Waals surface area contributed by atoms with Gasteiger partial charge in [0.15, 0.2) is 17.3 Å². The smallest absolute Gasteiger partial charge is 0.226 e. The van der Waals surface area contributed by atoms with Gasteiger partial charge in [0.25, 0.3) is 0 Å². The predicted molar refractivity (Wildman–Crippen MR) is 96.7 cm³/mol. The molecule has 1 aromatic carbocycles. The average Bonchev–Trinajstić information content (AvgIpc) is 3.15. The maximum Gasteiger partial charge on any atom is 0.226 e. The number of methoxy groups -OCH3 is 2. The number of ketones is 1. The first-order valence-electron chi connectivity index (χ1n) is 8.24. The third-order valence-electron chi connectivity index (χ3n) is 4.06. The highest BCUT2D eigenvalue weighted by Gasteiger charge is 2.14. The zero-order valence-corrected chi connectivity index (χ0v) is 15.0. The molecule has 2 heterocycles. The highest BCUT2D eigenvalue weighted by atomic mass is 16.5. The Balaban J connectivity index is 1.70. The number of Topliss-reactive ketones (excluding diaryl/α,β-unsaturated/α-hetero) is 1. The van der Waals surface area contributed by atoms with E-state index in [4.69, 9.17) is 13.9 Å². The molecule has 6 heteroatoms. The van der Waals surface area contributed by atoms with E-state index in [0.29, 0.717) is 35.9 Å². The average molecular weight is 352 g/mol. The summed E-state index contributed by atoms with van der Waals surface area (Å²) in [6.07, 6.45) is 4.03. The molecule has 6 nitrogen and oxygen atoms in total. The number of hydrogen-bond donors (Lipinski definition) is 0. The van der Waals surface area contributed by atoms with Crippen LogP contribution in [0.1, 0.15) is 28.2 Å². The molecule has 0 bridgehead atoms. The van der Waals surface area contributed by atoms with Crippen molar-refractivity contribution in [3.05, 3.63) is 59.7 Å². The van der Waals surface area contributed by atoms with E-state index in [0.717, 1.165) is 16.8 Å². The number of hydrogen-bond acceptors (Lipinski definition) is 6. The number of pyridine rings is 1. The van der Waals surface area contributed by atoms with Crippen molar-refractivity contribution >= 4 is 5.78 Å². The number of aromatic nitrogens is 2. The molecule has 0 fully saturated rings. The van der Waals surface area contributed by atoms with Crippen LogP contribution >= 0.6 is 0 Å². The predicted octanol–water partition coefficient (Wildman–Crippen LogP) is 3.88. The highest BCUT2D eigenvalue weighted by Crippen LogP contribution is 2.32. The maximum absolute atomic E-state index is 12.3. The van der Waals surface area contributed by atoms with Crippen molar-refractivity contribution in [3.63, 3.8) is 0 Å². The summed E-state index contributed by atoms with van der Waals surface area (Å²) in [4.78, 5) is 20.9. The first-order valence-corrected chi connectivity index (χ1v) is 8.24. The van der Waals surface area contributed by atoms with Crippen LogP contribution in [-0.4, -0.2) is 30.0 Å². The molecule has 0 aliphatic heterocycles. The number of aryl methyl sites for hydroxylation is 2. The molecular formula is C20H20N2O4. The van der Waals surface area contributed by atoms with Crippen molar-refractivity contribution in [3.8, 4) is 23.0 Å². The summed E-state index contributed by atoms with van der Waals surface area (Å²) in [7, 11) is 3.16. The zero-order valence-electron chi connectivity index (χ0n) is 15.0. The van der Waals surface area contributed by atoms with E-state index in [9.17, 15) is 4.79 Å². The van der Waals surface area contributed by atoms with Crippen LogP contribution in [-0.2, 0) is 6.42 Å². The van der Waals surface area contributed by atoms with E-state index in [1.807, 2.05) is 25.1 Å². The first-order chi connectivity index (χ1) is 12.6. The van der Waals surface area contributed by atoms with Gasteiger partial charge in [-0.2, -0.15) is 0 Å². The lowest BCUT2D eigenvalue weighted by atomic mass is 10.1. The zero-order chi connectivity index (χ0) is 18.5. The summed E-state index contributed by atoms with van der Waals surface area (Å²) in [6.45, 7) is 1.88. The van der Waals surface area contributed by atoms with Gasteiger partial charge in [-0.3, -0.25) is 9.78 Å². The minimum atomic E-state index is -0.00114. The lowest BCUT2D eigenvalue weighted by Crippen LogP contribution is -2.06. The number of carbonyl (C=O) groups is 1. The van der Waals surface area contributed by atoms with E-state index in [1.165, 1.54) is 0 Å². The second-order valence-electron chi connectivity index (χ2n) is 5.81. The Morgan fingerprint density at radius 3 is 2.69 bits per heavy atom. The molecule has 0 saturated heterocycles. The van der Waals surface area contributed by atoms with Gasteiger partial charge in [0.05, 0.1) is 19.9 Å². The van der Waals surface area contributed by atoms with Gasteiger partial charge in [0, 0.05) is 24.6 Å². The molecule has 3 aromatic rings. The largest absolute Gasteiger partial charge is 0.493 e. The van der Waals surface area contributed by atoms with Crippen LogP contribution in [0.4, 0.5) is 0 Å². The van der Waals surface area contributed by atoms with Crippen molar-refractivity contribution in [1.29, 1.82) is 0 Å². The van der Waals surface area contributed by atoms with Crippen LogP contribution in [0.25, 0.3) is 11.5 Å². The monoisotopic (exact) mass is 352 g/mol. The van der Waals surface area contributed by atoms with E-state index in [2.05, 4.69) is 9.97 Å². The molecule has 0 aliphatic carbocycles. The van der Waals surface area contributed by atoms with Crippen LogP contribution in [0.2, 0.25) is 0 Å². The Bertz CT molecular complexity index is 918. The van der Waals surface area contributed by atoms with Gasteiger partial charge in [0.1, 0.15) is 12.0 Å². The van der Waals surface area contributed by atoms with Gasteiger partial charge in [-0.15, -0.1) is 0 Å². The topological polar surface area (TPSA) is 74.5 Å². The lowest BCUT2D eigenvalue weighted by Gasteiger charge is -2.07. The van der Waals surface area contributed by atoms with Gasteiger partial charge < -0.3 is 13.9 Å². The number of oxazole rings is 1. The van der Waals surface area contributed by atoms with Crippen LogP contribution in [0.3, 0.4) is 0 Å². The molecule has 0 N–H and O–H groups in total. The highest BCUT2D eigenvalue weighted by molar-refractivity contribution is 5.95. The Labute approximate surface area is 151 Å². The van der Waals surface area contributed by atoms with Gasteiger partial charge in [-0.25, -0.2) is 4.98 Å². The van der Waals surface area contributed by atoms with E-state index >= 15 is 0 Å². The first kappa shape index (κ1) is 17.7. The van der Waals surface area contributed by atoms with Crippen LogP contribution in [0.15, 0.2) is 47.2 Å². The number of carbonyl (C=O) groups excluding carboxylic acids is 1. The summed E-state index contributed by atoms with van der Waals surface area (Å²) < 4.78 is 16.1. The van der Waals surface area contributed by atoms with Gasteiger partial charge in [0.2, 0.25) is 5.89 Å². The van der Waals surface area contributed by atoms with Crippen molar-refractivity contribution in [2.75, 3.05) is 14.2 Å². The summed E-state index contributed by atoms with van der Waals surface area (Å²) in [5.74, 6) is 1.71. The minimum Gasteiger partial charge on any atom is -0.493 e. The minimum absolute atomic E-state index is 0.00114. The number of rotatable bonds is 7. The lowest BCUT2D eigenvalue weighted by molar-refractivity contribution is 0.0977. The standard InChI is InChI=1S/C20H20N2O4/c1-13-5-4-10-21-19(13)16(23)8-7-15-12-26-20(22-15)14-6-9-17(24-2)18(11-14)25-3/h4-6,9-12H,7-8H2,1-3H3. The Kier molecular flexibility index (Phi) is 5.31. The van der Waals surface area contributed by atoms with E-state index < -0.39 is 0 Å². The van der Waals surface area contributed by atoms with E-state index in [-0.39, 0.29) is 5.78 Å². The fraction of sp³-hybridized carbons (Fsp3) is 0.250. The second-order valence-corrected chi connectivity index (χ2v) is 5.81. The van der Waals surface area contributed by atoms with Crippen molar-refractivity contribution in [1.82, 2.24) is 9.97 Å². The second kappa shape index (κ2) is 7.82. The fourth-order valence-electron chi connectivity index (χ4n) is 2.66. The van der Waals surface area contributed by atoms with Crippen LogP contribution in [0, 0.1) is 6.92 Å². The SMILES string of the molecule is COc1ccc(-c2nc(CCC(=O)c3ncccc3C)co2)cc1OC. The molecule has 2 aromatic heterocycles. The fourth-order valence-corrected chi connectivity index (χ4v) is 2.66. The number of ether oxygens (including phenoxy) is 2. The van der Waals surface area contributed by atoms with Crippen LogP contribution in [0.5, 0.6) is 11.5 Å². The molecule has 0 aliphatic rings. The van der Waals surface area contributed by atoms with Crippen molar-refractivity contribution in [2.45, 2.75) is 19.8 Å². The third-order valence-corrected chi connectivity index (χ3v) is 4.06. The molecule has 0 atom stereocenters. The summed E-state index contributed by atoms with van der Waals surface area (Å²) >= 11 is 0. The van der Waals surface area contributed by atoms with Crippen molar-refractivity contribution in [2.24, 2.45) is 0 Å². The quantitative estimate of drug-likeness (QED) is 0.601. The molecule has 0 saturated carbocycles. The summed E-state index contributed by atoms with van der Waals surface area (Å²) in [5, 5.41) is 0. The van der Waals surface area contributed by atoms with Gasteiger partial charge >= 0.3 is 0 Å². The maximum atomic E-state index is 12.3. The molecule has 0 spiro atoms. The number of nitrogens with zero attached hydrogens (tertiary/aromatic N) is 2. The van der Waals surface area contributed by atoms with Gasteiger partial charge in [-0.1, -0.05) is 6.07 Å². The molecule has 134 valence electrons. The molecule has 0 amide bonds. The normalized spacial score (nSPS) is 10.6. The Morgan fingerprint density at radius 1 is 1.15 bits per heavy atom. The van der Waals surface area contributed by atoms with Crippen LogP contribution < -0.4 is 9.47 Å². The third kappa shape index (κ3) is 3.74. The molecular weight excluding hydrogens is 332 g/mol.